The van der Waals surface area contributed by atoms with Crippen LogP contribution in [-0.2, 0) is 6.42 Å². The zero-order chi connectivity index (χ0) is 8.55. The second-order valence-electron chi connectivity index (χ2n) is 3.22. The van der Waals surface area contributed by atoms with Gasteiger partial charge in [-0.1, -0.05) is 0 Å². The van der Waals surface area contributed by atoms with E-state index in [1.54, 1.807) is 6.20 Å². The maximum Gasteiger partial charge on any atom is 0.0962 e. The molecule has 1 aliphatic carbocycles. The van der Waals surface area contributed by atoms with Crippen molar-refractivity contribution in [2.24, 2.45) is 0 Å². The lowest BCUT2D eigenvalue weighted by atomic mass is 9.94. The summed E-state index contributed by atoms with van der Waals surface area (Å²) in [7, 11) is 0. The molecule has 0 aliphatic heterocycles. The van der Waals surface area contributed by atoms with Crippen LogP contribution in [0, 0.1) is 0 Å². The Morgan fingerprint density at radius 2 is 2.42 bits per heavy atom. The molecule has 1 aromatic rings. The lowest BCUT2D eigenvalue weighted by Crippen LogP contribution is -2.11. The van der Waals surface area contributed by atoms with Crippen LogP contribution in [0.25, 0.3) is 0 Å². The van der Waals surface area contributed by atoms with Crippen molar-refractivity contribution in [2.75, 3.05) is 5.73 Å². The predicted molar refractivity (Wildman–Crippen MR) is 46.5 cm³/mol. The number of aromatic nitrogens is 1. The highest BCUT2D eigenvalue weighted by atomic mass is 16.3. The van der Waals surface area contributed by atoms with E-state index in [1.807, 2.05) is 6.07 Å². The summed E-state index contributed by atoms with van der Waals surface area (Å²) in [4.78, 5) is 4.12. The van der Waals surface area contributed by atoms with Gasteiger partial charge < -0.3 is 10.8 Å². The van der Waals surface area contributed by atoms with Crippen molar-refractivity contribution in [3.63, 3.8) is 0 Å². The number of nitrogens with two attached hydrogens (primary N) is 1. The Labute approximate surface area is 71.2 Å². The number of nitrogens with zero attached hydrogens (tertiary/aromatic N) is 1. The van der Waals surface area contributed by atoms with Gasteiger partial charge in [0.25, 0.3) is 0 Å². The highest BCUT2D eigenvalue weighted by Gasteiger charge is 2.18. The van der Waals surface area contributed by atoms with Crippen molar-refractivity contribution in [1.82, 2.24) is 4.98 Å². The summed E-state index contributed by atoms with van der Waals surface area (Å²) in [5, 5.41) is 9.55. The molecule has 0 saturated heterocycles. The first-order valence-electron chi connectivity index (χ1n) is 4.20. The summed E-state index contributed by atoms with van der Waals surface area (Å²) in [6, 6.07) is 1.91. The van der Waals surface area contributed by atoms with Crippen LogP contribution in [0.15, 0.2) is 12.3 Å². The third kappa shape index (κ3) is 1.16. The van der Waals surface area contributed by atoms with Crippen LogP contribution in [0.2, 0.25) is 0 Å². The zero-order valence-electron chi connectivity index (χ0n) is 6.83. The van der Waals surface area contributed by atoms with Crippen LogP contribution < -0.4 is 5.73 Å². The predicted octanol–water partition coefficient (Wildman–Crippen LogP) is 1.03. The van der Waals surface area contributed by atoms with E-state index in [0.717, 1.165) is 30.5 Å². The summed E-state index contributed by atoms with van der Waals surface area (Å²) in [5.74, 6) is 0. The highest BCUT2D eigenvalue weighted by molar-refractivity contribution is 5.41. The lowest BCUT2D eigenvalue weighted by Gasteiger charge is -2.19. The van der Waals surface area contributed by atoms with E-state index >= 15 is 0 Å². The van der Waals surface area contributed by atoms with Crippen LogP contribution in [0.3, 0.4) is 0 Å². The fourth-order valence-electron chi connectivity index (χ4n) is 1.66. The normalized spacial score (nSPS) is 21.9. The molecule has 3 N–H and O–H groups in total. The number of nitrogen functional groups attached to an aromatic ring is 1. The van der Waals surface area contributed by atoms with Crippen LogP contribution in [0.4, 0.5) is 5.69 Å². The van der Waals surface area contributed by atoms with Gasteiger partial charge in [-0.2, -0.15) is 0 Å². The minimum atomic E-state index is -0.380. The topological polar surface area (TPSA) is 59.1 Å². The molecule has 0 fully saturated rings. The average Bonchev–Trinajstić information content (AvgIpc) is 2.04. The van der Waals surface area contributed by atoms with Crippen molar-refractivity contribution in [3.05, 3.63) is 23.5 Å². The molecule has 12 heavy (non-hydrogen) atoms. The largest absolute Gasteiger partial charge is 0.397 e. The van der Waals surface area contributed by atoms with Crippen molar-refractivity contribution in [2.45, 2.75) is 25.4 Å². The highest BCUT2D eigenvalue weighted by Crippen LogP contribution is 2.28. The fraction of sp³-hybridized carbons (Fsp3) is 0.444. The molecule has 1 atom stereocenters. The first-order valence-corrected chi connectivity index (χ1v) is 4.20. The van der Waals surface area contributed by atoms with Gasteiger partial charge in [0, 0.05) is 0 Å². The number of hydrogen-bond acceptors (Lipinski definition) is 3. The fourth-order valence-corrected chi connectivity index (χ4v) is 1.66. The molecule has 1 unspecified atom stereocenters. The zero-order valence-corrected chi connectivity index (χ0v) is 6.83. The molecule has 64 valence electrons. The molecule has 3 heteroatoms. The van der Waals surface area contributed by atoms with E-state index in [1.165, 1.54) is 0 Å². The molecule has 1 aromatic heterocycles. The minimum Gasteiger partial charge on any atom is -0.397 e. The quantitative estimate of drug-likeness (QED) is 0.602. The summed E-state index contributed by atoms with van der Waals surface area (Å²) >= 11 is 0. The third-order valence-electron chi connectivity index (χ3n) is 2.26. The molecule has 1 heterocycles. The van der Waals surface area contributed by atoms with Crippen LogP contribution in [-0.4, -0.2) is 10.1 Å². The number of aliphatic hydroxyl groups is 1. The van der Waals surface area contributed by atoms with Crippen molar-refractivity contribution in [1.29, 1.82) is 0 Å². The Balaban J connectivity index is 2.46. The van der Waals surface area contributed by atoms with Crippen molar-refractivity contribution in [3.8, 4) is 0 Å². The van der Waals surface area contributed by atoms with Crippen molar-refractivity contribution >= 4 is 5.69 Å². The van der Waals surface area contributed by atoms with Gasteiger partial charge in [-0.05, 0) is 30.9 Å². The second kappa shape index (κ2) is 2.75. The van der Waals surface area contributed by atoms with Gasteiger partial charge in [0.1, 0.15) is 0 Å². The van der Waals surface area contributed by atoms with Gasteiger partial charge >= 0.3 is 0 Å². The van der Waals surface area contributed by atoms with Gasteiger partial charge in [-0.15, -0.1) is 0 Å². The lowest BCUT2D eigenvalue weighted by molar-refractivity contribution is 0.151. The Bertz CT molecular complexity index is 299. The van der Waals surface area contributed by atoms with Gasteiger partial charge in [0.05, 0.1) is 23.7 Å². The maximum absolute atomic E-state index is 9.55. The van der Waals surface area contributed by atoms with E-state index in [9.17, 15) is 5.11 Å². The molecular formula is C9H12N2O. The number of aliphatic hydroxyl groups excluding tert-OH is 1. The van der Waals surface area contributed by atoms with E-state index in [-0.39, 0.29) is 6.10 Å². The number of fused-ring (bicyclic) bond motifs is 1. The van der Waals surface area contributed by atoms with Gasteiger partial charge in [0.2, 0.25) is 0 Å². The number of pyridine rings is 1. The molecule has 3 nitrogen and oxygen atoms in total. The van der Waals surface area contributed by atoms with E-state index in [2.05, 4.69) is 4.98 Å². The number of rotatable bonds is 0. The molecule has 0 saturated carbocycles. The summed E-state index contributed by atoms with van der Waals surface area (Å²) < 4.78 is 0. The van der Waals surface area contributed by atoms with Crippen LogP contribution in [0.1, 0.15) is 30.2 Å². The van der Waals surface area contributed by atoms with Crippen molar-refractivity contribution < 1.29 is 5.11 Å². The minimum absolute atomic E-state index is 0.380. The molecule has 0 radical (unpaired) electrons. The maximum atomic E-state index is 9.55. The van der Waals surface area contributed by atoms with E-state index in [4.69, 9.17) is 5.73 Å². The number of hydrogen-bond donors (Lipinski definition) is 2. The standard InChI is InChI=1S/C9H12N2O/c10-7-4-6-2-1-3-8(12)9(6)11-5-7/h4-5,8,12H,1-3,10H2. The molecular weight excluding hydrogens is 152 g/mol. The summed E-state index contributed by atoms with van der Waals surface area (Å²) in [5.41, 5.74) is 8.19. The second-order valence-corrected chi connectivity index (χ2v) is 3.22. The van der Waals surface area contributed by atoms with Crippen LogP contribution in [0.5, 0.6) is 0 Å². The monoisotopic (exact) mass is 164 g/mol. The van der Waals surface area contributed by atoms with Gasteiger partial charge in [-0.3, -0.25) is 4.98 Å². The number of aryl methyl sites for hydroxylation is 1. The smallest absolute Gasteiger partial charge is 0.0962 e. The van der Waals surface area contributed by atoms with E-state index < -0.39 is 0 Å². The van der Waals surface area contributed by atoms with E-state index in [0.29, 0.717) is 5.69 Å². The Morgan fingerprint density at radius 1 is 1.58 bits per heavy atom. The molecule has 0 spiro atoms. The molecule has 0 aromatic carbocycles. The van der Waals surface area contributed by atoms with Gasteiger partial charge in [0.15, 0.2) is 0 Å². The Hall–Kier alpha value is -1.09. The molecule has 0 bridgehead atoms. The Morgan fingerprint density at radius 3 is 3.25 bits per heavy atom. The Kier molecular flexibility index (Phi) is 1.73. The number of anilines is 1. The molecule has 2 rings (SSSR count). The SMILES string of the molecule is Nc1cnc2c(c1)CCCC2O. The first-order chi connectivity index (χ1) is 5.77. The summed E-state index contributed by atoms with van der Waals surface area (Å²) in [6.07, 6.45) is 4.07. The third-order valence-corrected chi connectivity index (χ3v) is 2.26. The molecule has 0 amide bonds. The van der Waals surface area contributed by atoms with Gasteiger partial charge in [-0.25, -0.2) is 0 Å². The summed E-state index contributed by atoms with van der Waals surface area (Å²) in [6.45, 7) is 0. The molecule has 1 aliphatic rings. The van der Waals surface area contributed by atoms with Crippen LogP contribution >= 0.6 is 0 Å². The average molecular weight is 164 g/mol. The first kappa shape index (κ1) is 7.55.